The van der Waals surface area contributed by atoms with Crippen LogP contribution >= 0.6 is 11.8 Å². The standard InChI is InChI=1S/C10H10N4OS/c15-6-2-1-3-7(6)16-10-8-9(12-4-11-8)13-5-14-10/h4-5,7H,1-3H2,(H,11,12,13,14). The third-order valence-corrected chi connectivity index (χ3v) is 4.01. The molecule has 0 radical (unpaired) electrons. The number of fused-ring (bicyclic) bond motifs is 1. The Bertz CT molecular complexity index is 538. The molecule has 0 bridgehead atoms. The van der Waals surface area contributed by atoms with Crippen LogP contribution in [0.3, 0.4) is 0 Å². The maximum absolute atomic E-state index is 11.6. The summed E-state index contributed by atoms with van der Waals surface area (Å²) in [5.41, 5.74) is 1.48. The molecule has 2 aromatic rings. The maximum atomic E-state index is 11.6. The summed E-state index contributed by atoms with van der Waals surface area (Å²) in [6, 6.07) is 0. The number of aromatic amines is 1. The van der Waals surface area contributed by atoms with Gasteiger partial charge in [-0.1, -0.05) is 11.8 Å². The van der Waals surface area contributed by atoms with E-state index in [1.807, 2.05) is 0 Å². The molecule has 82 valence electrons. The van der Waals surface area contributed by atoms with E-state index in [2.05, 4.69) is 19.9 Å². The number of carbonyl (C=O) groups excluding carboxylic acids is 1. The highest BCUT2D eigenvalue weighted by molar-refractivity contribution is 8.00. The van der Waals surface area contributed by atoms with Crippen molar-refractivity contribution in [2.75, 3.05) is 0 Å². The molecular weight excluding hydrogens is 224 g/mol. The first kappa shape index (κ1) is 9.77. The molecule has 1 aliphatic carbocycles. The van der Waals surface area contributed by atoms with Gasteiger partial charge in [0.1, 0.15) is 22.7 Å². The van der Waals surface area contributed by atoms with Crippen LogP contribution in [0.5, 0.6) is 0 Å². The summed E-state index contributed by atoms with van der Waals surface area (Å²) in [5.74, 6) is 0.330. The molecule has 0 aromatic carbocycles. The highest BCUT2D eigenvalue weighted by Crippen LogP contribution is 2.33. The van der Waals surface area contributed by atoms with Crippen molar-refractivity contribution in [1.82, 2.24) is 19.9 Å². The van der Waals surface area contributed by atoms with Crippen LogP contribution in [0.15, 0.2) is 17.7 Å². The van der Waals surface area contributed by atoms with Crippen LogP contribution in [0, 0.1) is 0 Å². The normalized spacial score (nSPS) is 20.8. The van der Waals surface area contributed by atoms with Crippen molar-refractivity contribution in [3.63, 3.8) is 0 Å². The number of ketones is 1. The molecule has 1 N–H and O–H groups in total. The Balaban J connectivity index is 1.94. The summed E-state index contributed by atoms with van der Waals surface area (Å²) in [6.45, 7) is 0. The van der Waals surface area contributed by atoms with Gasteiger partial charge < -0.3 is 4.98 Å². The Kier molecular flexibility index (Phi) is 2.36. The second kappa shape index (κ2) is 3.86. The second-order valence-corrected chi connectivity index (χ2v) is 4.94. The van der Waals surface area contributed by atoms with E-state index in [1.54, 1.807) is 6.33 Å². The number of nitrogens with zero attached hydrogens (tertiary/aromatic N) is 3. The first-order valence-electron chi connectivity index (χ1n) is 5.18. The predicted octanol–water partition coefficient (Wildman–Crippen LogP) is 1.57. The molecule has 0 saturated heterocycles. The number of hydrogen-bond acceptors (Lipinski definition) is 5. The lowest BCUT2D eigenvalue weighted by Crippen LogP contribution is -2.08. The van der Waals surface area contributed by atoms with Gasteiger partial charge in [0.2, 0.25) is 0 Å². The van der Waals surface area contributed by atoms with E-state index >= 15 is 0 Å². The molecule has 1 aliphatic rings. The van der Waals surface area contributed by atoms with Crippen molar-refractivity contribution >= 4 is 28.7 Å². The number of imidazole rings is 1. The molecule has 0 amide bonds. The number of rotatable bonds is 2. The number of hydrogen-bond donors (Lipinski definition) is 1. The smallest absolute Gasteiger partial charge is 0.181 e. The minimum Gasteiger partial charge on any atom is -0.341 e. The average molecular weight is 234 g/mol. The summed E-state index contributed by atoms with van der Waals surface area (Å²) in [4.78, 5) is 26.9. The first-order valence-corrected chi connectivity index (χ1v) is 6.06. The Labute approximate surface area is 96.1 Å². The zero-order chi connectivity index (χ0) is 11.0. The van der Waals surface area contributed by atoms with Gasteiger partial charge in [0.25, 0.3) is 0 Å². The molecule has 1 fully saturated rings. The first-order chi connectivity index (χ1) is 7.84. The molecule has 1 unspecified atom stereocenters. The molecule has 1 atom stereocenters. The van der Waals surface area contributed by atoms with Crippen LogP contribution in [0.1, 0.15) is 19.3 Å². The monoisotopic (exact) mass is 234 g/mol. The molecule has 6 heteroatoms. The summed E-state index contributed by atoms with van der Waals surface area (Å²) < 4.78 is 0. The second-order valence-electron chi connectivity index (χ2n) is 3.74. The molecule has 2 heterocycles. The zero-order valence-electron chi connectivity index (χ0n) is 8.51. The fourth-order valence-electron chi connectivity index (χ4n) is 1.88. The summed E-state index contributed by atoms with van der Waals surface area (Å²) in [6.07, 6.45) is 5.73. The zero-order valence-corrected chi connectivity index (χ0v) is 9.33. The number of nitrogens with one attached hydrogen (secondary N) is 1. The average Bonchev–Trinajstić information content (AvgIpc) is 2.89. The lowest BCUT2D eigenvalue weighted by molar-refractivity contribution is -0.116. The van der Waals surface area contributed by atoms with E-state index in [1.165, 1.54) is 18.1 Å². The Hall–Kier alpha value is -1.43. The predicted molar refractivity (Wildman–Crippen MR) is 60.2 cm³/mol. The number of carbonyl (C=O) groups is 1. The van der Waals surface area contributed by atoms with Gasteiger partial charge in [0.15, 0.2) is 5.65 Å². The minimum absolute atomic E-state index is 0.0569. The van der Waals surface area contributed by atoms with Gasteiger partial charge in [-0.15, -0.1) is 0 Å². The van der Waals surface area contributed by atoms with Crippen LogP contribution in [-0.2, 0) is 4.79 Å². The summed E-state index contributed by atoms with van der Waals surface area (Å²) in [7, 11) is 0. The van der Waals surface area contributed by atoms with Crippen LogP contribution in [-0.4, -0.2) is 31.0 Å². The third-order valence-electron chi connectivity index (χ3n) is 2.69. The van der Waals surface area contributed by atoms with Gasteiger partial charge in [-0.05, 0) is 12.8 Å². The fraction of sp³-hybridized carbons (Fsp3) is 0.400. The highest BCUT2D eigenvalue weighted by Gasteiger charge is 2.26. The van der Waals surface area contributed by atoms with Crippen LogP contribution < -0.4 is 0 Å². The van der Waals surface area contributed by atoms with Gasteiger partial charge in [0.05, 0.1) is 11.6 Å². The van der Waals surface area contributed by atoms with Gasteiger partial charge in [-0.3, -0.25) is 4.79 Å². The molecule has 0 spiro atoms. The molecule has 16 heavy (non-hydrogen) atoms. The largest absolute Gasteiger partial charge is 0.341 e. The van der Waals surface area contributed by atoms with Crippen molar-refractivity contribution in [1.29, 1.82) is 0 Å². The fourth-order valence-corrected chi connectivity index (χ4v) is 3.05. The van der Waals surface area contributed by atoms with Crippen molar-refractivity contribution < 1.29 is 4.79 Å². The quantitative estimate of drug-likeness (QED) is 0.798. The van der Waals surface area contributed by atoms with E-state index in [-0.39, 0.29) is 5.25 Å². The van der Waals surface area contributed by atoms with Crippen molar-refractivity contribution in [2.24, 2.45) is 0 Å². The Morgan fingerprint density at radius 2 is 2.31 bits per heavy atom. The van der Waals surface area contributed by atoms with Gasteiger partial charge in [-0.2, -0.15) is 0 Å². The lowest BCUT2D eigenvalue weighted by atomic mass is 10.3. The van der Waals surface area contributed by atoms with Crippen molar-refractivity contribution in [3.05, 3.63) is 12.7 Å². The SMILES string of the molecule is O=C1CCCC1Sc1ncnc2nc[nH]c12. The highest BCUT2D eigenvalue weighted by atomic mass is 32.2. The lowest BCUT2D eigenvalue weighted by Gasteiger charge is -2.06. The minimum atomic E-state index is 0.0569. The Morgan fingerprint density at radius 1 is 1.38 bits per heavy atom. The molecule has 5 nitrogen and oxygen atoms in total. The van der Waals surface area contributed by atoms with E-state index in [4.69, 9.17) is 0 Å². The van der Waals surface area contributed by atoms with Crippen LogP contribution in [0.4, 0.5) is 0 Å². The number of thioether (sulfide) groups is 1. The molecule has 0 aliphatic heterocycles. The molecule has 1 saturated carbocycles. The number of H-pyrrole nitrogens is 1. The van der Waals surface area contributed by atoms with Gasteiger partial charge >= 0.3 is 0 Å². The van der Waals surface area contributed by atoms with Crippen molar-refractivity contribution in [3.8, 4) is 0 Å². The molecule has 2 aromatic heterocycles. The van der Waals surface area contributed by atoms with Gasteiger partial charge in [0, 0.05) is 6.42 Å². The summed E-state index contributed by atoms with van der Waals surface area (Å²) in [5, 5.41) is 0.879. The Morgan fingerprint density at radius 3 is 3.12 bits per heavy atom. The summed E-state index contributed by atoms with van der Waals surface area (Å²) >= 11 is 1.52. The van der Waals surface area contributed by atoms with Crippen molar-refractivity contribution in [2.45, 2.75) is 29.5 Å². The number of aromatic nitrogens is 4. The van der Waals surface area contributed by atoms with E-state index < -0.39 is 0 Å². The van der Waals surface area contributed by atoms with Crippen LogP contribution in [0.25, 0.3) is 11.2 Å². The topological polar surface area (TPSA) is 71.5 Å². The number of Topliss-reactive ketones (excluding diaryl/α,β-unsaturated/α-hetero) is 1. The maximum Gasteiger partial charge on any atom is 0.181 e. The van der Waals surface area contributed by atoms with Gasteiger partial charge in [-0.25, -0.2) is 15.0 Å². The van der Waals surface area contributed by atoms with E-state index in [9.17, 15) is 4.79 Å². The van der Waals surface area contributed by atoms with E-state index in [0.717, 1.165) is 23.4 Å². The molecule has 3 rings (SSSR count). The van der Waals surface area contributed by atoms with E-state index in [0.29, 0.717) is 17.9 Å². The molecular formula is C10H10N4OS. The van der Waals surface area contributed by atoms with Crippen LogP contribution in [0.2, 0.25) is 0 Å². The third kappa shape index (κ3) is 1.59.